The molecule has 0 amide bonds. The van der Waals surface area contributed by atoms with Crippen LogP contribution in [0.15, 0.2) is 35.2 Å². The lowest BCUT2D eigenvalue weighted by Gasteiger charge is -2.34. The van der Waals surface area contributed by atoms with Crippen molar-refractivity contribution in [1.29, 1.82) is 0 Å². The molecule has 1 aromatic rings. The van der Waals surface area contributed by atoms with Crippen molar-refractivity contribution in [3.8, 4) is 0 Å². The number of carbonyl (C=O) groups is 1. The van der Waals surface area contributed by atoms with Crippen LogP contribution in [0.2, 0.25) is 0 Å². The van der Waals surface area contributed by atoms with Gasteiger partial charge in [0.05, 0.1) is 4.90 Å². The Labute approximate surface area is 150 Å². The smallest absolute Gasteiger partial charge is 0.434 e. The molecule has 1 aromatic carbocycles. The summed E-state index contributed by atoms with van der Waals surface area (Å²) < 4.78 is 105. The third-order valence-electron chi connectivity index (χ3n) is 3.64. The summed E-state index contributed by atoms with van der Waals surface area (Å²) in [7, 11) is -4.33. The van der Waals surface area contributed by atoms with E-state index in [1.54, 1.807) is 0 Å². The summed E-state index contributed by atoms with van der Waals surface area (Å²) in [5.41, 5.74) is 0. The largest absolute Gasteiger partial charge is 0.442 e. The third kappa shape index (κ3) is 4.90. The fourth-order valence-corrected chi connectivity index (χ4v) is 4.02. The molecule has 152 valence electrons. The first-order valence-corrected chi connectivity index (χ1v) is 8.90. The molecular formula is C14H14F6N2O4S. The number of rotatable bonds is 4. The monoisotopic (exact) mass is 420 g/mol. The number of nitrogens with one attached hydrogen (secondary N) is 1. The number of hydrogen-bond donors (Lipinski definition) is 1. The first kappa shape index (κ1) is 21.4. The van der Waals surface area contributed by atoms with E-state index in [1.807, 2.05) is 0 Å². The van der Waals surface area contributed by atoms with E-state index in [9.17, 15) is 39.6 Å². The average molecular weight is 420 g/mol. The van der Waals surface area contributed by atoms with Crippen LogP contribution in [0.5, 0.6) is 0 Å². The molecule has 1 aliphatic rings. The second-order valence-corrected chi connectivity index (χ2v) is 7.44. The lowest BCUT2D eigenvalue weighted by atomic mass is 10.2. The van der Waals surface area contributed by atoms with Crippen molar-refractivity contribution in [3.63, 3.8) is 0 Å². The SMILES string of the molecule is O=C(OC(C(F)(F)F)C(F)(F)F)C1CNCCN1S(=O)(=O)c1ccccc1. The van der Waals surface area contributed by atoms with E-state index in [0.29, 0.717) is 4.31 Å². The number of halogens is 6. The quantitative estimate of drug-likeness (QED) is 0.593. The molecule has 6 nitrogen and oxygen atoms in total. The summed E-state index contributed by atoms with van der Waals surface area (Å²) in [5, 5.41) is 2.55. The van der Waals surface area contributed by atoms with Gasteiger partial charge in [-0.25, -0.2) is 8.42 Å². The Morgan fingerprint density at radius 3 is 2.19 bits per heavy atom. The van der Waals surface area contributed by atoms with Gasteiger partial charge in [0.25, 0.3) is 6.10 Å². The zero-order valence-electron chi connectivity index (χ0n) is 13.4. The number of alkyl halides is 6. The van der Waals surface area contributed by atoms with Crippen molar-refractivity contribution in [1.82, 2.24) is 9.62 Å². The fraction of sp³-hybridized carbons (Fsp3) is 0.500. The molecule has 0 aliphatic carbocycles. The van der Waals surface area contributed by atoms with Gasteiger partial charge in [-0.2, -0.15) is 30.6 Å². The molecule has 2 rings (SSSR count). The van der Waals surface area contributed by atoms with E-state index in [-0.39, 0.29) is 18.0 Å². The highest BCUT2D eigenvalue weighted by Crippen LogP contribution is 2.36. The maximum absolute atomic E-state index is 12.6. The van der Waals surface area contributed by atoms with Crippen molar-refractivity contribution in [2.75, 3.05) is 19.6 Å². The van der Waals surface area contributed by atoms with Gasteiger partial charge >= 0.3 is 18.3 Å². The average Bonchev–Trinajstić information content (AvgIpc) is 2.58. The van der Waals surface area contributed by atoms with Crippen LogP contribution in [0.25, 0.3) is 0 Å². The molecule has 13 heteroatoms. The minimum atomic E-state index is -5.89. The van der Waals surface area contributed by atoms with E-state index < -0.39 is 47.0 Å². The molecule has 0 bridgehead atoms. The van der Waals surface area contributed by atoms with Crippen LogP contribution < -0.4 is 5.32 Å². The molecule has 0 saturated carbocycles. The van der Waals surface area contributed by atoms with Gasteiger partial charge in [0.15, 0.2) is 0 Å². The summed E-state index contributed by atoms with van der Waals surface area (Å²) >= 11 is 0. The van der Waals surface area contributed by atoms with Crippen LogP contribution in [0, 0.1) is 0 Å². The molecule has 1 atom stereocenters. The zero-order chi connectivity index (χ0) is 20.5. The number of ether oxygens (including phenoxy) is 1. The Bertz CT molecular complexity index is 752. The van der Waals surface area contributed by atoms with E-state index in [4.69, 9.17) is 0 Å². The molecule has 1 unspecified atom stereocenters. The Morgan fingerprint density at radius 1 is 1.11 bits per heavy atom. The summed E-state index contributed by atoms with van der Waals surface area (Å²) in [6, 6.07) is 4.77. The van der Waals surface area contributed by atoms with Gasteiger partial charge in [0.2, 0.25) is 10.0 Å². The van der Waals surface area contributed by atoms with Crippen molar-refractivity contribution in [2.45, 2.75) is 29.4 Å². The Balaban J connectivity index is 2.30. The highest BCUT2D eigenvalue weighted by atomic mass is 32.2. The lowest BCUT2D eigenvalue weighted by Crippen LogP contribution is -2.59. The number of benzene rings is 1. The second-order valence-electron chi connectivity index (χ2n) is 5.55. The third-order valence-corrected chi connectivity index (χ3v) is 5.57. The van der Waals surface area contributed by atoms with E-state index in [0.717, 1.165) is 0 Å². The van der Waals surface area contributed by atoms with E-state index in [1.165, 1.54) is 30.3 Å². The molecule has 1 saturated heterocycles. The summed E-state index contributed by atoms with van der Waals surface area (Å²) in [6.45, 7) is -0.773. The van der Waals surface area contributed by atoms with Crippen LogP contribution >= 0.6 is 0 Å². The topological polar surface area (TPSA) is 75.7 Å². The number of sulfonamides is 1. The van der Waals surface area contributed by atoms with E-state index in [2.05, 4.69) is 10.1 Å². The number of carbonyl (C=O) groups excluding carboxylic acids is 1. The standard InChI is InChI=1S/C14H14F6N2O4S/c15-13(16,17)12(14(18,19)20)26-11(23)10-8-21-6-7-22(10)27(24,25)9-4-2-1-3-5-9/h1-5,10,12,21H,6-8H2. The minimum absolute atomic E-state index is 0.0534. The molecule has 1 heterocycles. The second kappa shape index (κ2) is 7.64. The van der Waals surface area contributed by atoms with Gasteiger partial charge in [-0.15, -0.1) is 0 Å². The number of piperazine rings is 1. The molecule has 1 aliphatic heterocycles. The predicted molar refractivity (Wildman–Crippen MR) is 79.0 cm³/mol. The van der Waals surface area contributed by atoms with Gasteiger partial charge < -0.3 is 10.1 Å². The maximum Gasteiger partial charge on any atom is 0.434 e. The number of hydrogen-bond acceptors (Lipinski definition) is 5. The Hall–Kier alpha value is -1.86. The van der Waals surface area contributed by atoms with Crippen molar-refractivity contribution >= 4 is 16.0 Å². The van der Waals surface area contributed by atoms with Gasteiger partial charge in [-0.3, -0.25) is 4.79 Å². The zero-order valence-corrected chi connectivity index (χ0v) is 14.2. The highest BCUT2D eigenvalue weighted by molar-refractivity contribution is 7.89. The summed E-state index contributed by atoms with van der Waals surface area (Å²) in [4.78, 5) is 11.8. The molecular weight excluding hydrogens is 406 g/mol. The van der Waals surface area contributed by atoms with Gasteiger partial charge in [-0.05, 0) is 12.1 Å². The maximum atomic E-state index is 12.6. The molecule has 27 heavy (non-hydrogen) atoms. The van der Waals surface area contributed by atoms with Crippen molar-refractivity contribution < 1.29 is 44.3 Å². The van der Waals surface area contributed by atoms with Crippen LogP contribution in [0.3, 0.4) is 0 Å². The molecule has 0 spiro atoms. The van der Waals surface area contributed by atoms with Crippen molar-refractivity contribution in [2.24, 2.45) is 0 Å². The lowest BCUT2D eigenvalue weighted by molar-refractivity contribution is -0.314. The molecule has 1 fully saturated rings. The molecule has 1 N–H and O–H groups in total. The first-order valence-electron chi connectivity index (χ1n) is 7.46. The van der Waals surface area contributed by atoms with Gasteiger partial charge in [-0.1, -0.05) is 18.2 Å². The van der Waals surface area contributed by atoms with Crippen LogP contribution in [0.4, 0.5) is 26.3 Å². The van der Waals surface area contributed by atoms with Crippen LogP contribution in [-0.2, 0) is 19.6 Å². The summed E-state index contributed by atoms with van der Waals surface area (Å²) in [5.74, 6) is -1.94. The number of esters is 1. The first-order chi connectivity index (χ1) is 12.3. The normalized spacial score (nSPS) is 19.9. The minimum Gasteiger partial charge on any atom is -0.442 e. The van der Waals surface area contributed by atoms with Gasteiger partial charge in [0, 0.05) is 19.6 Å². The molecule has 0 radical (unpaired) electrons. The van der Waals surface area contributed by atoms with Crippen molar-refractivity contribution in [3.05, 3.63) is 30.3 Å². The Morgan fingerprint density at radius 2 is 1.67 bits per heavy atom. The van der Waals surface area contributed by atoms with Crippen LogP contribution in [-0.4, -0.2) is 62.8 Å². The predicted octanol–water partition coefficient (Wildman–Crippen LogP) is 1.69. The Kier molecular flexibility index (Phi) is 6.06. The summed E-state index contributed by atoms with van der Waals surface area (Å²) in [6.07, 6.45) is -16.1. The number of nitrogens with zero attached hydrogens (tertiary/aromatic N) is 1. The highest BCUT2D eigenvalue weighted by Gasteiger charge is 2.60. The fourth-order valence-electron chi connectivity index (χ4n) is 2.42. The van der Waals surface area contributed by atoms with Crippen LogP contribution in [0.1, 0.15) is 0 Å². The van der Waals surface area contributed by atoms with Gasteiger partial charge in [0.1, 0.15) is 6.04 Å². The van der Waals surface area contributed by atoms with E-state index >= 15 is 0 Å². The molecule has 0 aromatic heterocycles.